The summed E-state index contributed by atoms with van der Waals surface area (Å²) in [4.78, 5) is 4.06. The minimum absolute atomic E-state index is 0.259. The maximum absolute atomic E-state index is 12.6. The molecule has 2 nitrogen and oxygen atoms in total. The molecule has 1 atom stereocenters. The highest BCUT2D eigenvalue weighted by Crippen LogP contribution is 2.36. The van der Waals surface area contributed by atoms with E-state index >= 15 is 0 Å². The van der Waals surface area contributed by atoms with Gasteiger partial charge in [-0.2, -0.15) is 13.2 Å². The fourth-order valence-electron chi connectivity index (χ4n) is 1.79. The molecule has 0 aliphatic rings. The summed E-state index contributed by atoms with van der Waals surface area (Å²) in [5, 5.41) is 2.40. The van der Waals surface area contributed by atoms with Crippen molar-refractivity contribution in [3.8, 4) is 0 Å². The zero-order valence-electron chi connectivity index (χ0n) is 10.5. The van der Waals surface area contributed by atoms with Crippen molar-refractivity contribution in [3.63, 3.8) is 0 Å². The molecule has 0 saturated carbocycles. The Morgan fingerprint density at radius 3 is 2.45 bits per heavy atom. The van der Waals surface area contributed by atoms with Crippen LogP contribution in [0.2, 0.25) is 0 Å². The average Bonchev–Trinajstić information content (AvgIpc) is 2.86. The van der Waals surface area contributed by atoms with Crippen LogP contribution in [0.5, 0.6) is 0 Å². The van der Waals surface area contributed by atoms with Gasteiger partial charge in [-0.05, 0) is 46.8 Å². The summed E-state index contributed by atoms with van der Waals surface area (Å²) in [6, 6.07) is 7.45. The Morgan fingerprint density at radius 2 is 1.95 bits per heavy atom. The lowest BCUT2D eigenvalue weighted by molar-refractivity contribution is -0.137. The van der Waals surface area contributed by atoms with E-state index in [-0.39, 0.29) is 6.04 Å². The molecule has 0 aliphatic carbocycles. The van der Waals surface area contributed by atoms with Crippen LogP contribution in [0.3, 0.4) is 0 Å². The summed E-state index contributed by atoms with van der Waals surface area (Å²) in [6.07, 6.45) is -3.08. The van der Waals surface area contributed by atoms with Crippen molar-refractivity contribution < 1.29 is 13.2 Å². The van der Waals surface area contributed by atoms with Crippen LogP contribution in [0.4, 0.5) is 13.2 Å². The van der Waals surface area contributed by atoms with E-state index in [4.69, 9.17) is 0 Å². The number of hydrogen-bond donors (Lipinski definition) is 1. The van der Waals surface area contributed by atoms with Gasteiger partial charge in [0.15, 0.2) is 5.01 Å². The number of alkyl halides is 3. The molecule has 1 aromatic heterocycles. The van der Waals surface area contributed by atoms with E-state index in [2.05, 4.69) is 32.9 Å². The predicted molar refractivity (Wildman–Crippen MR) is 81.8 cm³/mol. The average molecular weight is 412 g/mol. The van der Waals surface area contributed by atoms with E-state index in [1.165, 1.54) is 6.20 Å². The van der Waals surface area contributed by atoms with Crippen LogP contribution < -0.4 is 5.32 Å². The smallest absolute Gasteiger partial charge is 0.306 e. The van der Waals surface area contributed by atoms with Crippen LogP contribution >= 0.6 is 33.9 Å². The number of thiazole rings is 1. The standard InChI is InChI=1S/C13H12F3IN2S/c1-2-18-11(8-3-5-9(17)6-4-8)10-7-19-12(20-10)13(14,15)16/h3-7,11,18H,2H2,1H3. The zero-order chi connectivity index (χ0) is 14.8. The molecule has 0 fully saturated rings. The van der Waals surface area contributed by atoms with E-state index in [1.807, 2.05) is 31.2 Å². The molecule has 108 valence electrons. The van der Waals surface area contributed by atoms with Gasteiger partial charge in [0.1, 0.15) is 0 Å². The zero-order valence-corrected chi connectivity index (χ0v) is 13.5. The number of aromatic nitrogens is 1. The molecular formula is C13H12F3IN2S. The van der Waals surface area contributed by atoms with Crippen LogP contribution in [0, 0.1) is 3.57 Å². The Balaban J connectivity index is 2.33. The van der Waals surface area contributed by atoms with E-state index in [0.29, 0.717) is 22.8 Å². The fraction of sp³-hybridized carbons (Fsp3) is 0.308. The molecule has 0 amide bonds. The van der Waals surface area contributed by atoms with Crippen molar-refractivity contribution in [1.29, 1.82) is 0 Å². The van der Waals surface area contributed by atoms with Crippen LogP contribution in [0.15, 0.2) is 30.5 Å². The van der Waals surface area contributed by atoms with Gasteiger partial charge in [-0.1, -0.05) is 19.1 Å². The number of nitrogens with zero attached hydrogens (tertiary/aromatic N) is 1. The molecule has 7 heteroatoms. The van der Waals surface area contributed by atoms with Crippen LogP contribution in [0.25, 0.3) is 0 Å². The normalized spacial score (nSPS) is 13.4. The Labute approximate surface area is 132 Å². The van der Waals surface area contributed by atoms with E-state index in [0.717, 1.165) is 9.13 Å². The maximum atomic E-state index is 12.6. The Hall–Kier alpha value is -0.670. The third-order valence-corrected chi connectivity index (χ3v) is 4.49. The van der Waals surface area contributed by atoms with Gasteiger partial charge < -0.3 is 5.32 Å². The molecular weight excluding hydrogens is 400 g/mol. The van der Waals surface area contributed by atoms with Crippen molar-refractivity contribution in [2.45, 2.75) is 19.1 Å². The van der Waals surface area contributed by atoms with Gasteiger partial charge in [-0.25, -0.2) is 4.98 Å². The quantitative estimate of drug-likeness (QED) is 0.750. The second-order valence-electron chi connectivity index (χ2n) is 4.11. The van der Waals surface area contributed by atoms with Crippen LogP contribution in [-0.2, 0) is 6.18 Å². The number of nitrogens with one attached hydrogen (secondary N) is 1. The molecule has 1 unspecified atom stereocenters. The first-order valence-corrected chi connectivity index (χ1v) is 7.83. The topological polar surface area (TPSA) is 24.9 Å². The lowest BCUT2D eigenvalue weighted by Gasteiger charge is -2.16. The maximum Gasteiger partial charge on any atom is 0.443 e. The monoisotopic (exact) mass is 412 g/mol. The highest BCUT2D eigenvalue weighted by Gasteiger charge is 2.35. The third-order valence-electron chi connectivity index (χ3n) is 2.66. The Kier molecular flexibility index (Phi) is 5.03. The second kappa shape index (κ2) is 6.40. The first-order valence-electron chi connectivity index (χ1n) is 5.93. The SMILES string of the molecule is CCNC(c1ccc(I)cc1)c1cnc(C(F)(F)F)s1. The molecule has 0 radical (unpaired) electrons. The van der Waals surface area contributed by atoms with Gasteiger partial charge >= 0.3 is 6.18 Å². The summed E-state index contributed by atoms with van der Waals surface area (Å²) in [5.41, 5.74) is 0.935. The summed E-state index contributed by atoms with van der Waals surface area (Å²) >= 11 is 2.88. The number of halogens is 4. The van der Waals surface area contributed by atoms with E-state index in [1.54, 1.807) is 0 Å². The highest BCUT2D eigenvalue weighted by atomic mass is 127. The van der Waals surface area contributed by atoms with Gasteiger partial charge in [-0.15, -0.1) is 11.3 Å². The largest absolute Gasteiger partial charge is 0.443 e. The van der Waals surface area contributed by atoms with Crippen LogP contribution in [-0.4, -0.2) is 11.5 Å². The van der Waals surface area contributed by atoms with E-state index in [9.17, 15) is 13.2 Å². The van der Waals surface area contributed by atoms with E-state index < -0.39 is 11.2 Å². The lowest BCUT2D eigenvalue weighted by atomic mass is 10.1. The first kappa shape index (κ1) is 15.7. The summed E-state index contributed by atoms with van der Waals surface area (Å²) < 4.78 is 39.0. The molecule has 1 heterocycles. The molecule has 0 aliphatic heterocycles. The molecule has 2 aromatic rings. The molecule has 2 rings (SSSR count). The lowest BCUT2D eigenvalue weighted by Crippen LogP contribution is -2.21. The summed E-state index contributed by atoms with van der Waals surface area (Å²) in [7, 11) is 0. The molecule has 20 heavy (non-hydrogen) atoms. The van der Waals surface area contributed by atoms with Crippen molar-refractivity contribution in [2.24, 2.45) is 0 Å². The summed E-state index contributed by atoms with van der Waals surface area (Å²) in [6.45, 7) is 2.58. The van der Waals surface area contributed by atoms with Gasteiger partial charge in [0, 0.05) is 14.6 Å². The van der Waals surface area contributed by atoms with Crippen molar-refractivity contribution >= 4 is 33.9 Å². The van der Waals surface area contributed by atoms with Gasteiger partial charge in [0.25, 0.3) is 0 Å². The molecule has 1 N–H and O–H groups in total. The molecule has 0 saturated heterocycles. The minimum atomic E-state index is -4.38. The van der Waals surface area contributed by atoms with Crippen molar-refractivity contribution in [1.82, 2.24) is 10.3 Å². The molecule has 1 aromatic carbocycles. The minimum Gasteiger partial charge on any atom is -0.306 e. The predicted octanol–water partition coefficient (Wildman–Crippen LogP) is 4.47. The Bertz CT molecular complexity index is 566. The first-order chi connectivity index (χ1) is 9.41. The highest BCUT2D eigenvalue weighted by molar-refractivity contribution is 14.1. The van der Waals surface area contributed by atoms with Gasteiger partial charge in [0.05, 0.1) is 6.04 Å². The van der Waals surface area contributed by atoms with Crippen molar-refractivity contribution in [2.75, 3.05) is 6.54 Å². The van der Waals surface area contributed by atoms with Gasteiger partial charge in [0.2, 0.25) is 0 Å². The van der Waals surface area contributed by atoms with Gasteiger partial charge in [-0.3, -0.25) is 0 Å². The molecule has 0 spiro atoms. The second-order valence-corrected chi connectivity index (χ2v) is 6.42. The number of rotatable bonds is 4. The fourth-order valence-corrected chi connectivity index (χ4v) is 3.04. The third kappa shape index (κ3) is 3.70. The Morgan fingerprint density at radius 1 is 1.30 bits per heavy atom. The van der Waals surface area contributed by atoms with Crippen molar-refractivity contribution in [3.05, 3.63) is 49.5 Å². The van der Waals surface area contributed by atoms with Crippen LogP contribution in [0.1, 0.15) is 28.4 Å². The molecule has 0 bridgehead atoms. The number of hydrogen-bond acceptors (Lipinski definition) is 3. The summed E-state index contributed by atoms with van der Waals surface area (Å²) in [5.74, 6) is 0. The number of benzene rings is 1.